The Bertz CT molecular complexity index is 767. The molecule has 26 heavy (non-hydrogen) atoms. The molecule has 2 amide bonds. The quantitative estimate of drug-likeness (QED) is 0.716. The van der Waals surface area contributed by atoms with E-state index in [9.17, 15) is 9.59 Å². The fraction of sp³-hybridized carbons (Fsp3) is 0.353. The third-order valence-corrected chi connectivity index (χ3v) is 4.20. The Labute approximate surface area is 151 Å². The third-order valence-electron chi connectivity index (χ3n) is 4.20. The number of nitrogens with one attached hydrogen (secondary N) is 1. The Balaban J connectivity index is 1.61. The molecule has 1 aromatic heterocycles. The van der Waals surface area contributed by atoms with Gasteiger partial charge in [-0.3, -0.25) is 14.5 Å². The van der Waals surface area contributed by atoms with Gasteiger partial charge in [0.2, 0.25) is 5.91 Å². The standard InChI is InChI=1S/C17H21N7O2/c1-2-7-18-16(25)12-22-8-10-23(11-9-22)17(26)14-5-3-4-6-15(14)24-13-19-20-21-24/h2-6,13H,1,7-12H2,(H,18,25). The molecular formula is C17H21N7O2. The van der Waals surface area contributed by atoms with Gasteiger partial charge in [-0.05, 0) is 22.6 Å². The van der Waals surface area contributed by atoms with Crippen molar-refractivity contribution < 1.29 is 9.59 Å². The van der Waals surface area contributed by atoms with Crippen LogP contribution in [0.2, 0.25) is 0 Å². The zero-order valence-corrected chi connectivity index (χ0v) is 14.4. The number of para-hydroxylation sites is 1. The zero-order chi connectivity index (χ0) is 18.4. The highest BCUT2D eigenvalue weighted by atomic mass is 16.2. The predicted molar refractivity (Wildman–Crippen MR) is 94.7 cm³/mol. The van der Waals surface area contributed by atoms with Gasteiger partial charge in [0.1, 0.15) is 6.33 Å². The van der Waals surface area contributed by atoms with Gasteiger partial charge in [0.25, 0.3) is 5.91 Å². The Hall–Kier alpha value is -3.07. The average molecular weight is 355 g/mol. The second kappa shape index (κ2) is 8.34. The van der Waals surface area contributed by atoms with Gasteiger partial charge < -0.3 is 10.2 Å². The van der Waals surface area contributed by atoms with Crippen LogP contribution in [-0.4, -0.2) is 81.1 Å². The number of aromatic nitrogens is 4. The topological polar surface area (TPSA) is 96.2 Å². The van der Waals surface area contributed by atoms with Crippen LogP contribution in [0, 0.1) is 0 Å². The number of piperazine rings is 1. The van der Waals surface area contributed by atoms with Crippen LogP contribution in [0.1, 0.15) is 10.4 Å². The van der Waals surface area contributed by atoms with Gasteiger partial charge >= 0.3 is 0 Å². The molecule has 0 atom stereocenters. The molecule has 1 saturated heterocycles. The molecule has 2 aromatic rings. The van der Waals surface area contributed by atoms with Gasteiger partial charge in [0.05, 0.1) is 17.8 Å². The molecule has 1 fully saturated rings. The summed E-state index contributed by atoms with van der Waals surface area (Å²) in [7, 11) is 0. The van der Waals surface area contributed by atoms with Crippen molar-refractivity contribution in [1.82, 2.24) is 35.3 Å². The summed E-state index contributed by atoms with van der Waals surface area (Å²) in [5.41, 5.74) is 1.20. The third kappa shape index (κ3) is 4.12. The molecule has 1 aliphatic rings. The minimum atomic E-state index is -0.0631. The molecule has 9 nitrogen and oxygen atoms in total. The van der Waals surface area contributed by atoms with E-state index < -0.39 is 0 Å². The van der Waals surface area contributed by atoms with E-state index in [0.717, 1.165) is 0 Å². The summed E-state index contributed by atoms with van der Waals surface area (Å²) in [6.07, 6.45) is 3.11. The maximum Gasteiger partial charge on any atom is 0.256 e. The predicted octanol–water partition coefficient (Wildman–Crippen LogP) is -0.278. The summed E-state index contributed by atoms with van der Waals surface area (Å²) in [5, 5.41) is 13.9. The van der Waals surface area contributed by atoms with Crippen molar-refractivity contribution in [3.8, 4) is 5.69 Å². The number of rotatable bonds is 6. The lowest BCUT2D eigenvalue weighted by Gasteiger charge is -2.34. The lowest BCUT2D eigenvalue weighted by atomic mass is 10.1. The zero-order valence-electron chi connectivity index (χ0n) is 14.4. The first-order chi connectivity index (χ1) is 12.7. The number of hydrogen-bond donors (Lipinski definition) is 1. The Morgan fingerprint density at radius 3 is 2.65 bits per heavy atom. The van der Waals surface area contributed by atoms with Crippen LogP contribution in [0.3, 0.4) is 0 Å². The first kappa shape index (κ1) is 17.7. The van der Waals surface area contributed by atoms with E-state index in [1.165, 1.54) is 11.0 Å². The highest BCUT2D eigenvalue weighted by molar-refractivity contribution is 5.97. The molecule has 1 aromatic carbocycles. The van der Waals surface area contributed by atoms with E-state index in [-0.39, 0.29) is 11.8 Å². The molecule has 136 valence electrons. The fourth-order valence-electron chi connectivity index (χ4n) is 2.85. The summed E-state index contributed by atoms with van der Waals surface area (Å²) in [6.45, 7) is 6.81. The maximum atomic E-state index is 12.9. The van der Waals surface area contributed by atoms with E-state index >= 15 is 0 Å². The number of amides is 2. The molecule has 0 spiro atoms. The smallest absolute Gasteiger partial charge is 0.256 e. The van der Waals surface area contributed by atoms with Crippen molar-refractivity contribution in [2.45, 2.75) is 0 Å². The molecule has 0 aliphatic carbocycles. The number of hydrogen-bond acceptors (Lipinski definition) is 6. The van der Waals surface area contributed by atoms with Crippen LogP contribution >= 0.6 is 0 Å². The van der Waals surface area contributed by atoms with Crippen LogP contribution in [0.15, 0.2) is 43.2 Å². The second-order valence-electron chi connectivity index (χ2n) is 5.93. The lowest BCUT2D eigenvalue weighted by molar-refractivity contribution is -0.122. The van der Waals surface area contributed by atoms with E-state index in [1.54, 1.807) is 17.0 Å². The van der Waals surface area contributed by atoms with Crippen LogP contribution in [-0.2, 0) is 4.79 Å². The van der Waals surface area contributed by atoms with Gasteiger partial charge in [-0.25, -0.2) is 0 Å². The molecule has 3 rings (SSSR count). The largest absolute Gasteiger partial charge is 0.352 e. The van der Waals surface area contributed by atoms with Crippen LogP contribution in [0.4, 0.5) is 0 Å². The highest BCUT2D eigenvalue weighted by Gasteiger charge is 2.25. The average Bonchev–Trinajstić information content (AvgIpc) is 3.21. The van der Waals surface area contributed by atoms with Gasteiger partial charge in [-0.2, -0.15) is 4.68 Å². The van der Waals surface area contributed by atoms with E-state index in [1.807, 2.05) is 23.1 Å². The number of nitrogens with zero attached hydrogens (tertiary/aromatic N) is 6. The van der Waals surface area contributed by atoms with Gasteiger partial charge in [0, 0.05) is 32.7 Å². The van der Waals surface area contributed by atoms with Crippen molar-refractivity contribution in [2.24, 2.45) is 0 Å². The highest BCUT2D eigenvalue weighted by Crippen LogP contribution is 2.16. The molecule has 2 heterocycles. The van der Waals surface area contributed by atoms with E-state index in [2.05, 4.69) is 27.4 Å². The molecule has 0 bridgehead atoms. The van der Waals surface area contributed by atoms with Gasteiger partial charge in [-0.1, -0.05) is 18.2 Å². The molecule has 0 saturated carbocycles. The minimum Gasteiger partial charge on any atom is -0.352 e. The molecule has 0 radical (unpaired) electrons. The van der Waals surface area contributed by atoms with Crippen molar-refractivity contribution in [3.05, 3.63) is 48.8 Å². The summed E-state index contributed by atoms with van der Waals surface area (Å²) < 4.78 is 1.48. The fourth-order valence-corrected chi connectivity index (χ4v) is 2.85. The molecule has 1 N–H and O–H groups in total. The number of carbonyl (C=O) groups excluding carboxylic acids is 2. The molecule has 0 unspecified atom stereocenters. The Morgan fingerprint density at radius 2 is 1.96 bits per heavy atom. The van der Waals surface area contributed by atoms with E-state index in [4.69, 9.17) is 0 Å². The van der Waals surface area contributed by atoms with Crippen molar-refractivity contribution in [1.29, 1.82) is 0 Å². The monoisotopic (exact) mass is 355 g/mol. The SMILES string of the molecule is C=CCNC(=O)CN1CCN(C(=O)c2ccccc2-n2cnnn2)CC1. The first-order valence-electron chi connectivity index (χ1n) is 8.40. The Morgan fingerprint density at radius 1 is 1.19 bits per heavy atom. The molecule has 9 heteroatoms. The van der Waals surface area contributed by atoms with Crippen LogP contribution in [0.5, 0.6) is 0 Å². The number of carbonyl (C=O) groups is 2. The first-order valence-corrected chi connectivity index (χ1v) is 8.40. The summed E-state index contributed by atoms with van der Waals surface area (Å²) in [5.74, 6) is -0.0967. The van der Waals surface area contributed by atoms with Gasteiger partial charge in [-0.15, -0.1) is 11.7 Å². The number of tetrazole rings is 1. The van der Waals surface area contributed by atoms with E-state index in [0.29, 0.717) is 50.5 Å². The Kier molecular flexibility index (Phi) is 5.69. The molecule has 1 aliphatic heterocycles. The van der Waals surface area contributed by atoms with Crippen molar-refractivity contribution in [2.75, 3.05) is 39.3 Å². The van der Waals surface area contributed by atoms with Gasteiger partial charge in [0.15, 0.2) is 0 Å². The second-order valence-corrected chi connectivity index (χ2v) is 5.93. The summed E-state index contributed by atoms with van der Waals surface area (Å²) in [6, 6.07) is 7.24. The normalized spacial score (nSPS) is 14.8. The summed E-state index contributed by atoms with van der Waals surface area (Å²) in [4.78, 5) is 28.5. The maximum absolute atomic E-state index is 12.9. The van der Waals surface area contributed by atoms with Crippen LogP contribution in [0.25, 0.3) is 5.69 Å². The number of benzene rings is 1. The van der Waals surface area contributed by atoms with Crippen molar-refractivity contribution in [3.63, 3.8) is 0 Å². The van der Waals surface area contributed by atoms with Crippen LogP contribution < -0.4 is 5.32 Å². The summed E-state index contributed by atoms with van der Waals surface area (Å²) >= 11 is 0. The van der Waals surface area contributed by atoms with Crippen molar-refractivity contribution >= 4 is 11.8 Å². The lowest BCUT2D eigenvalue weighted by Crippen LogP contribution is -2.51. The minimum absolute atomic E-state index is 0.0336. The molecular weight excluding hydrogens is 334 g/mol.